The van der Waals surface area contributed by atoms with E-state index in [0.29, 0.717) is 24.3 Å². The summed E-state index contributed by atoms with van der Waals surface area (Å²) in [5, 5.41) is 5.87. The van der Waals surface area contributed by atoms with E-state index in [9.17, 15) is 13.2 Å². The lowest BCUT2D eigenvalue weighted by atomic mass is 10.2. The second-order valence-corrected chi connectivity index (χ2v) is 6.50. The van der Waals surface area contributed by atoms with Crippen molar-refractivity contribution in [1.82, 2.24) is 10.0 Å². The zero-order valence-electron chi connectivity index (χ0n) is 11.1. The number of benzene rings is 1. The molecule has 2 rings (SSSR count). The molecule has 1 saturated heterocycles. The molecule has 8 heteroatoms. The summed E-state index contributed by atoms with van der Waals surface area (Å²) >= 11 is 0. The van der Waals surface area contributed by atoms with Crippen LogP contribution in [0, 0.1) is 0 Å². The molecular weight excluding hydrogens is 280 g/mol. The lowest BCUT2D eigenvalue weighted by molar-refractivity contribution is -0.119. The monoisotopic (exact) mass is 298 g/mol. The van der Waals surface area contributed by atoms with Crippen LogP contribution in [0.4, 0.5) is 11.4 Å². The van der Waals surface area contributed by atoms with Crippen molar-refractivity contribution in [1.29, 1.82) is 0 Å². The van der Waals surface area contributed by atoms with Crippen molar-refractivity contribution in [3.05, 3.63) is 18.2 Å². The van der Waals surface area contributed by atoms with Crippen LogP contribution < -0.4 is 21.1 Å². The number of anilines is 2. The molecule has 20 heavy (non-hydrogen) atoms. The normalized spacial score (nSPS) is 18.9. The third kappa shape index (κ3) is 3.20. The topological polar surface area (TPSA) is 113 Å². The van der Waals surface area contributed by atoms with Crippen LogP contribution in [0.3, 0.4) is 0 Å². The van der Waals surface area contributed by atoms with Gasteiger partial charge in [0.2, 0.25) is 15.9 Å². The minimum atomic E-state index is -3.59. The molecular formula is C12H18N4O3S. The Hall–Kier alpha value is -1.80. The van der Waals surface area contributed by atoms with Crippen LogP contribution in [0.1, 0.15) is 12.8 Å². The van der Waals surface area contributed by atoms with Gasteiger partial charge >= 0.3 is 0 Å². The number of sulfonamides is 1. The molecule has 1 aliphatic rings. The zero-order valence-corrected chi connectivity index (χ0v) is 12.0. The van der Waals surface area contributed by atoms with Crippen molar-refractivity contribution in [2.24, 2.45) is 0 Å². The van der Waals surface area contributed by atoms with E-state index in [4.69, 9.17) is 5.73 Å². The molecule has 0 aliphatic carbocycles. The van der Waals surface area contributed by atoms with Gasteiger partial charge in [-0.05, 0) is 31.7 Å². The number of hydrogen-bond acceptors (Lipinski definition) is 5. The third-order valence-corrected chi connectivity index (χ3v) is 4.64. The largest absolute Gasteiger partial charge is 0.399 e. The number of nitrogens with one attached hydrogen (secondary N) is 3. The van der Waals surface area contributed by atoms with Gasteiger partial charge in [0.05, 0.1) is 5.69 Å². The Balaban J connectivity index is 2.17. The van der Waals surface area contributed by atoms with Gasteiger partial charge < -0.3 is 16.4 Å². The van der Waals surface area contributed by atoms with E-state index in [-0.39, 0.29) is 16.8 Å². The number of nitrogen functional groups attached to an aromatic ring is 1. The number of carbonyl (C=O) groups is 1. The van der Waals surface area contributed by atoms with Crippen molar-refractivity contribution in [3.63, 3.8) is 0 Å². The van der Waals surface area contributed by atoms with Gasteiger partial charge in [-0.25, -0.2) is 13.1 Å². The van der Waals surface area contributed by atoms with Gasteiger partial charge in [-0.1, -0.05) is 0 Å². The van der Waals surface area contributed by atoms with E-state index in [0.717, 1.165) is 6.42 Å². The summed E-state index contributed by atoms with van der Waals surface area (Å²) in [5.41, 5.74) is 6.48. The van der Waals surface area contributed by atoms with E-state index >= 15 is 0 Å². The minimum absolute atomic E-state index is 0.0187. The summed E-state index contributed by atoms with van der Waals surface area (Å²) in [4.78, 5) is 11.2. The summed E-state index contributed by atoms with van der Waals surface area (Å²) in [6, 6.07) is 4.67. The molecule has 1 aromatic carbocycles. The van der Waals surface area contributed by atoms with Gasteiger partial charge in [0.15, 0.2) is 0 Å². The highest BCUT2D eigenvalue weighted by molar-refractivity contribution is 7.89. The fourth-order valence-electron chi connectivity index (χ4n) is 2.08. The smallest absolute Gasteiger partial charge is 0.242 e. The van der Waals surface area contributed by atoms with Gasteiger partial charge in [0, 0.05) is 24.7 Å². The molecule has 0 radical (unpaired) electrons. The van der Waals surface area contributed by atoms with Gasteiger partial charge in [-0.2, -0.15) is 0 Å². The number of hydrogen-bond donors (Lipinski definition) is 4. The van der Waals surface area contributed by atoms with E-state index in [1.54, 1.807) is 12.1 Å². The quantitative estimate of drug-likeness (QED) is 0.565. The lowest BCUT2D eigenvalue weighted by Crippen LogP contribution is -2.32. The van der Waals surface area contributed by atoms with Gasteiger partial charge in [-0.15, -0.1) is 0 Å². The highest BCUT2D eigenvalue weighted by atomic mass is 32.2. The first-order valence-electron chi connectivity index (χ1n) is 6.28. The average molecular weight is 298 g/mol. The third-order valence-electron chi connectivity index (χ3n) is 3.19. The van der Waals surface area contributed by atoms with E-state index < -0.39 is 10.0 Å². The van der Waals surface area contributed by atoms with Crippen molar-refractivity contribution in [2.75, 3.05) is 24.6 Å². The summed E-state index contributed by atoms with van der Waals surface area (Å²) in [7, 11) is -2.24. The van der Waals surface area contributed by atoms with Crippen LogP contribution in [-0.4, -0.2) is 34.0 Å². The number of nitrogens with two attached hydrogens (primary N) is 1. The second kappa shape index (κ2) is 5.68. The van der Waals surface area contributed by atoms with E-state index in [2.05, 4.69) is 15.4 Å². The van der Waals surface area contributed by atoms with Gasteiger partial charge in [-0.3, -0.25) is 4.79 Å². The summed E-state index contributed by atoms with van der Waals surface area (Å²) < 4.78 is 26.2. The first-order chi connectivity index (χ1) is 9.42. The van der Waals surface area contributed by atoms with E-state index in [1.165, 1.54) is 13.1 Å². The molecule has 5 N–H and O–H groups in total. The van der Waals surface area contributed by atoms with Gasteiger partial charge in [0.25, 0.3) is 0 Å². The maximum Gasteiger partial charge on any atom is 0.242 e. The van der Waals surface area contributed by atoms with Crippen molar-refractivity contribution in [2.45, 2.75) is 23.8 Å². The van der Waals surface area contributed by atoms with Crippen LogP contribution in [0.25, 0.3) is 0 Å². The highest BCUT2D eigenvalue weighted by Crippen LogP contribution is 2.24. The molecule has 0 aromatic heterocycles. The standard InChI is InChI=1S/C12H18N4O3S/c1-14-20(18,19)11-6-8(13)2-4-10(11)15-7-9-3-5-12(17)16-9/h2,4,6,9,14-15H,3,5,7,13H2,1H3,(H,16,17). The lowest BCUT2D eigenvalue weighted by Gasteiger charge is -2.16. The second-order valence-electron chi connectivity index (χ2n) is 4.65. The predicted octanol–water partition coefficient (Wildman–Crippen LogP) is -0.133. The van der Waals surface area contributed by atoms with Gasteiger partial charge in [0.1, 0.15) is 4.90 Å². The SMILES string of the molecule is CNS(=O)(=O)c1cc(N)ccc1NCC1CCC(=O)N1. The van der Waals surface area contributed by atoms with Crippen LogP contribution in [-0.2, 0) is 14.8 Å². The molecule has 1 atom stereocenters. The maximum absolute atomic E-state index is 11.9. The molecule has 1 amide bonds. The summed E-state index contributed by atoms with van der Waals surface area (Å²) in [5.74, 6) is 0.0252. The molecule has 1 fully saturated rings. The molecule has 110 valence electrons. The number of rotatable bonds is 5. The Labute approximate surface area is 118 Å². The van der Waals surface area contributed by atoms with Crippen molar-refractivity contribution < 1.29 is 13.2 Å². The molecule has 1 aromatic rings. The molecule has 1 unspecified atom stereocenters. The fourth-order valence-corrected chi connectivity index (χ4v) is 3.02. The Morgan fingerprint density at radius 3 is 2.80 bits per heavy atom. The average Bonchev–Trinajstić information content (AvgIpc) is 2.83. The maximum atomic E-state index is 11.9. The Morgan fingerprint density at radius 2 is 2.20 bits per heavy atom. The Morgan fingerprint density at radius 1 is 1.45 bits per heavy atom. The van der Waals surface area contributed by atoms with Crippen LogP contribution in [0.2, 0.25) is 0 Å². The van der Waals surface area contributed by atoms with Crippen LogP contribution in [0.5, 0.6) is 0 Å². The Bertz CT molecular complexity index is 615. The fraction of sp³-hybridized carbons (Fsp3) is 0.417. The van der Waals surface area contributed by atoms with E-state index in [1.807, 2.05) is 0 Å². The molecule has 1 heterocycles. The first kappa shape index (κ1) is 14.6. The highest BCUT2D eigenvalue weighted by Gasteiger charge is 2.22. The van der Waals surface area contributed by atoms with Crippen molar-refractivity contribution in [3.8, 4) is 0 Å². The minimum Gasteiger partial charge on any atom is -0.399 e. The number of carbonyl (C=O) groups excluding carboxylic acids is 1. The molecule has 0 spiro atoms. The Kier molecular flexibility index (Phi) is 4.15. The zero-order chi connectivity index (χ0) is 14.8. The summed E-state index contributed by atoms with van der Waals surface area (Å²) in [6.45, 7) is 0.474. The van der Waals surface area contributed by atoms with Crippen LogP contribution >= 0.6 is 0 Å². The molecule has 0 bridgehead atoms. The molecule has 7 nitrogen and oxygen atoms in total. The summed E-state index contributed by atoms with van der Waals surface area (Å²) in [6.07, 6.45) is 1.25. The number of amides is 1. The molecule has 0 saturated carbocycles. The predicted molar refractivity (Wildman–Crippen MR) is 76.8 cm³/mol. The van der Waals surface area contributed by atoms with Crippen molar-refractivity contribution >= 4 is 27.3 Å². The first-order valence-corrected chi connectivity index (χ1v) is 7.77. The van der Waals surface area contributed by atoms with Crippen LogP contribution in [0.15, 0.2) is 23.1 Å². The molecule has 1 aliphatic heterocycles.